The molecule has 0 unspecified atom stereocenters. The lowest BCUT2D eigenvalue weighted by atomic mass is 10.1. The number of anilines is 1. The van der Waals surface area contributed by atoms with Crippen LogP contribution in [-0.4, -0.2) is 58.7 Å². The fraction of sp³-hybridized carbons (Fsp3) is 0.471. The molecule has 3 N–H and O–H groups in total. The average molecular weight is 364 g/mol. The molecule has 7 nitrogen and oxygen atoms in total. The van der Waals surface area contributed by atoms with Gasteiger partial charge in [-0.3, -0.25) is 4.79 Å². The van der Waals surface area contributed by atoms with Gasteiger partial charge < -0.3 is 25.6 Å². The molecule has 1 fully saturated rings. The number of benzene rings is 1. The molecule has 2 amide bonds. The largest absolute Gasteiger partial charge is 0.444 e. The Hall–Kier alpha value is -2.35. The highest BCUT2D eigenvalue weighted by molar-refractivity contribution is 7.80. The standard InChI is InChI=1S/C17H24N4O3S/c1-17(2,3)24-16(23)21-10-8-20(9-11-21)14(22)12-6-4-5-7-13(12)19-15(18)25/h4-7H,8-11H2,1-3H3,(H3,18,19,25). The third-order valence-corrected chi connectivity index (χ3v) is 3.74. The summed E-state index contributed by atoms with van der Waals surface area (Å²) in [6.45, 7) is 7.25. The van der Waals surface area contributed by atoms with Gasteiger partial charge in [0.2, 0.25) is 0 Å². The Balaban J connectivity index is 2.00. The molecule has 8 heteroatoms. The van der Waals surface area contributed by atoms with Gasteiger partial charge in [0.15, 0.2) is 5.11 Å². The van der Waals surface area contributed by atoms with E-state index in [2.05, 4.69) is 5.32 Å². The van der Waals surface area contributed by atoms with Crippen molar-refractivity contribution in [2.75, 3.05) is 31.5 Å². The van der Waals surface area contributed by atoms with Crippen molar-refractivity contribution in [3.8, 4) is 0 Å². The summed E-state index contributed by atoms with van der Waals surface area (Å²) in [6.07, 6.45) is -0.352. The van der Waals surface area contributed by atoms with E-state index in [4.69, 9.17) is 22.7 Å². The van der Waals surface area contributed by atoms with Crippen molar-refractivity contribution in [2.45, 2.75) is 26.4 Å². The SMILES string of the molecule is CC(C)(C)OC(=O)N1CCN(C(=O)c2ccccc2NC(N)=S)CC1. The summed E-state index contributed by atoms with van der Waals surface area (Å²) in [5, 5.41) is 2.93. The number of thiocarbonyl (C=S) groups is 1. The summed E-state index contributed by atoms with van der Waals surface area (Å²) < 4.78 is 5.37. The van der Waals surface area contributed by atoms with Crippen molar-refractivity contribution in [1.29, 1.82) is 0 Å². The zero-order valence-electron chi connectivity index (χ0n) is 14.7. The molecule has 1 aliphatic rings. The number of ether oxygens (including phenoxy) is 1. The second-order valence-electron chi connectivity index (χ2n) is 6.79. The summed E-state index contributed by atoms with van der Waals surface area (Å²) >= 11 is 4.85. The van der Waals surface area contributed by atoms with Crippen LogP contribution in [0.1, 0.15) is 31.1 Å². The fourth-order valence-electron chi connectivity index (χ4n) is 2.50. The molecule has 0 saturated carbocycles. The van der Waals surface area contributed by atoms with Gasteiger partial charge in [0, 0.05) is 26.2 Å². The van der Waals surface area contributed by atoms with Gasteiger partial charge in [-0.2, -0.15) is 0 Å². The van der Waals surface area contributed by atoms with E-state index in [1.807, 2.05) is 20.8 Å². The quantitative estimate of drug-likeness (QED) is 0.781. The first-order valence-electron chi connectivity index (χ1n) is 8.10. The highest BCUT2D eigenvalue weighted by atomic mass is 32.1. The number of nitrogens with zero attached hydrogens (tertiary/aromatic N) is 2. The number of carbonyl (C=O) groups excluding carboxylic acids is 2. The van der Waals surface area contributed by atoms with E-state index < -0.39 is 5.60 Å². The first kappa shape index (κ1) is 19.0. The summed E-state index contributed by atoms with van der Waals surface area (Å²) in [6, 6.07) is 7.07. The minimum absolute atomic E-state index is 0.106. The van der Waals surface area contributed by atoms with E-state index in [1.165, 1.54) is 0 Å². The van der Waals surface area contributed by atoms with Gasteiger partial charge >= 0.3 is 6.09 Å². The monoisotopic (exact) mass is 364 g/mol. The first-order chi connectivity index (χ1) is 11.7. The molecule has 0 atom stereocenters. The molecule has 1 saturated heterocycles. The predicted molar refractivity (Wildman–Crippen MR) is 101 cm³/mol. The van der Waals surface area contributed by atoms with Crippen LogP contribution in [0.2, 0.25) is 0 Å². The molecule has 1 aliphatic heterocycles. The Kier molecular flexibility index (Phi) is 5.84. The summed E-state index contributed by atoms with van der Waals surface area (Å²) in [5.41, 5.74) is 6.06. The van der Waals surface area contributed by atoms with Crippen molar-refractivity contribution in [1.82, 2.24) is 9.80 Å². The predicted octanol–water partition coefficient (Wildman–Crippen LogP) is 2.04. The van der Waals surface area contributed by atoms with Crippen molar-refractivity contribution < 1.29 is 14.3 Å². The third kappa shape index (κ3) is 5.32. The number of nitrogens with one attached hydrogen (secondary N) is 1. The van der Waals surface area contributed by atoms with Gasteiger partial charge in [0.1, 0.15) is 5.60 Å². The molecular formula is C17H24N4O3S. The van der Waals surface area contributed by atoms with Gasteiger partial charge in [-0.25, -0.2) is 4.79 Å². The van der Waals surface area contributed by atoms with Gasteiger partial charge in [-0.05, 0) is 45.1 Å². The van der Waals surface area contributed by atoms with Crippen LogP contribution in [-0.2, 0) is 4.74 Å². The van der Waals surface area contributed by atoms with Crippen LogP contribution >= 0.6 is 12.2 Å². The van der Waals surface area contributed by atoms with E-state index in [0.717, 1.165) is 0 Å². The van der Waals surface area contributed by atoms with E-state index in [1.54, 1.807) is 34.1 Å². The Morgan fingerprint density at radius 2 is 1.68 bits per heavy atom. The number of carbonyl (C=O) groups is 2. The van der Waals surface area contributed by atoms with Crippen molar-refractivity contribution in [2.24, 2.45) is 5.73 Å². The van der Waals surface area contributed by atoms with E-state index in [-0.39, 0.29) is 17.1 Å². The smallest absolute Gasteiger partial charge is 0.410 e. The average Bonchev–Trinajstić information content (AvgIpc) is 2.53. The highest BCUT2D eigenvalue weighted by Gasteiger charge is 2.28. The number of amides is 2. The van der Waals surface area contributed by atoms with Gasteiger partial charge in [-0.1, -0.05) is 12.1 Å². The van der Waals surface area contributed by atoms with Gasteiger partial charge in [-0.15, -0.1) is 0 Å². The van der Waals surface area contributed by atoms with Crippen LogP contribution in [0, 0.1) is 0 Å². The van der Waals surface area contributed by atoms with Crippen LogP contribution in [0.5, 0.6) is 0 Å². The normalized spacial score (nSPS) is 14.8. The maximum atomic E-state index is 12.8. The number of hydrogen-bond acceptors (Lipinski definition) is 4. The van der Waals surface area contributed by atoms with Crippen molar-refractivity contribution >= 4 is 35.0 Å². The number of piperazine rings is 1. The van der Waals surface area contributed by atoms with Crippen LogP contribution in [0.25, 0.3) is 0 Å². The van der Waals surface area contributed by atoms with E-state index in [0.29, 0.717) is 37.4 Å². The number of para-hydroxylation sites is 1. The molecule has 25 heavy (non-hydrogen) atoms. The molecule has 1 aromatic rings. The maximum absolute atomic E-state index is 12.8. The van der Waals surface area contributed by atoms with E-state index >= 15 is 0 Å². The molecular weight excluding hydrogens is 340 g/mol. The molecule has 0 aromatic heterocycles. The van der Waals surface area contributed by atoms with E-state index in [9.17, 15) is 9.59 Å². The Labute approximate surface area is 153 Å². The molecule has 0 aliphatic carbocycles. The third-order valence-electron chi connectivity index (χ3n) is 3.63. The molecule has 0 radical (unpaired) electrons. The molecule has 136 valence electrons. The first-order valence-corrected chi connectivity index (χ1v) is 8.51. The second-order valence-corrected chi connectivity index (χ2v) is 7.23. The lowest BCUT2D eigenvalue weighted by Crippen LogP contribution is -2.51. The number of rotatable bonds is 2. The van der Waals surface area contributed by atoms with Gasteiger partial charge in [0.25, 0.3) is 5.91 Å². The number of hydrogen-bond donors (Lipinski definition) is 2. The second kappa shape index (κ2) is 7.69. The van der Waals surface area contributed by atoms with Crippen molar-refractivity contribution in [3.05, 3.63) is 29.8 Å². The lowest BCUT2D eigenvalue weighted by molar-refractivity contribution is 0.0141. The van der Waals surface area contributed by atoms with Crippen molar-refractivity contribution in [3.63, 3.8) is 0 Å². The molecule has 1 heterocycles. The lowest BCUT2D eigenvalue weighted by Gasteiger charge is -2.35. The van der Waals surface area contributed by atoms with Crippen LogP contribution < -0.4 is 11.1 Å². The van der Waals surface area contributed by atoms with Crippen LogP contribution in [0.3, 0.4) is 0 Å². The molecule has 1 aromatic carbocycles. The molecule has 2 rings (SSSR count). The van der Waals surface area contributed by atoms with Gasteiger partial charge in [0.05, 0.1) is 11.3 Å². The minimum atomic E-state index is -0.532. The Morgan fingerprint density at radius 1 is 1.12 bits per heavy atom. The zero-order valence-corrected chi connectivity index (χ0v) is 15.6. The van der Waals surface area contributed by atoms with Crippen LogP contribution in [0.15, 0.2) is 24.3 Å². The summed E-state index contributed by atoms with van der Waals surface area (Å²) in [5.74, 6) is -0.122. The minimum Gasteiger partial charge on any atom is -0.444 e. The molecule has 0 spiro atoms. The Bertz CT molecular complexity index is 664. The van der Waals surface area contributed by atoms with Crippen LogP contribution in [0.4, 0.5) is 10.5 Å². The zero-order chi connectivity index (χ0) is 18.6. The maximum Gasteiger partial charge on any atom is 0.410 e. The number of nitrogens with two attached hydrogens (primary N) is 1. The molecule has 0 bridgehead atoms. The topological polar surface area (TPSA) is 87.9 Å². The highest BCUT2D eigenvalue weighted by Crippen LogP contribution is 2.19. The fourth-order valence-corrected chi connectivity index (χ4v) is 2.61. The summed E-state index contributed by atoms with van der Waals surface area (Å²) in [7, 11) is 0. The summed E-state index contributed by atoms with van der Waals surface area (Å²) in [4.78, 5) is 28.2. The Morgan fingerprint density at radius 3 is 2.24 bits per heavy atom.